The van der Waals surface area contributed by atoms with E-state index in [0.29, 0.717) is 22.1 Å². The number of hydrogen-bond acceptors (Lipinski definition) is 9. The van der Waals surface area contributed by atoms with Crippen molar-refractivity contribution in [3.8, 4) is 10.6 Å². The van der Waals surface area contributed by atoms with Gasteiger partial charge in [0.05, 0.1) is 11.3 Å². The Bertz CT molecular complexity index is 855. The van der Waals surface area contributed by atoms with Gasteiger partial charge in [-0.3, -0.25) is 5.41 Å². The van der Waals surface area contributed by atoms with Gasteiger partial charge in [0.2, 0.25) is 5.13 Å². The zero-order valence-corrected chi connectivity index (χ0v) is 13.1. The normalized spacial score (nSPS) is 10.5. The van der Waals surface area contributed by atoms with Gasteiger partial charge in [0.15, 0.2) is 0 Å². The third kappa shape index (κ3) is 2.81. The van der Waals surface area contributed by atoms with Crippen molar-refractivity contribution >= 4 is 33.8 Å². The quantitative estimate of drug-likeness (QED) is 0.534. The number of nitrogens with zero attached hydrogens (tertiary/aromatic N) is 4. The third-order valence-corrected chi connectivity index (χ3v) is 4.03. The van der Waals surface area contributed by atoms with Crippen LogP contribution in [0.25, 0.3) is 10.6 Å². The van der Waals surface area contributed by atoms with Gasteiger partial charge < -0.3 is 16.8 Å². The van der Waals surface area contributed by atoms with Crippen LogP contribution in [0.1, 0.15) is 11.1 Å². The second-order valence-electron chi connectivity index (χ2n) is 4.63. The van der Waals surface area contributed by atoms with Crippen molar-refractivity contribution in [2.24, 2.45) is 0 Å². The van der Waals surface area contributed by atoms with E-state index in [1.165, 1.54) is 17.7 Å². The Morgan fingerprint density at radius 1 is 1.13 bits per heavy atom. The van der Waals surface area contributed by atoms with Crippen LogP contribution >= 0.6 is 11.3 Å². The van der Waals surface area contributed by atoms with Gasteiger partial charge in [0.25, 0.3) is 0 Å². The Hall–Kier alpha value is -3.07. The molecule has 1 aromatic carbocycles. The van der Waals surface area contributed by atoms with Crippen molar-refractivity contribution in [3.05, 3.63) is 41.7 Å². The predicted octanol–water partition coefficient (Wildman–Crippen LogP) is 1.62. The number of nitrogens with two attached hydrogens (primary N) is 2. The predicted molar refractivity (Wildman–Crippen MR) is 91.7 cm³/mol. The lowest BCUT2D eigenvalue weighted by Crippen LogP contribution is -2.12. The first-order valence-corrected chi connectivity index (χ1v) is 7.48. The van der Waals surface area contributed by atoms with Gasteiger partial charge >= 0.3 is 0 Å². The molecule has 0 atom stereocenters. The molecular formula is C14H14N8S. The first kappa shape index (κ1) is 14.9. The van der Waals surface area contributed by atoms with E-state index in [1.54, 1.807) is 7.05 Å². The summed E-state index contributed by atoms with van der Waals surface area (Å²) in [6, 6.07) is 7.37. The highest BCUT2D eigenvalue weighted by molar-refractivity contribution is 7.18. The molecule has 0 radical (unpaired) electrons. The molecule has 0 aliphatic heterocycles. The van der Waals surface area contributed by atoms with E-state index in [1.807, 2.05) is 24.3 Å². The molecule has 3 aromatic rings. The number of aromatic nitrogens is 4. The number of rotatable bonds is 4. The topological polar surface area (TPSA) is 139 Å². The van der Waals surface area contributed by atoms with Crippen molar-refractivity contribution in [1.29, 1.82) is 5.41 Å². The molecule has 0 aliphatic rings. The van der Waals surface area contributed by atoms with Gasteiger partial charge in [-0.05, 0) is 0 Å². The molecule has 23 heavy (non-hydrogen) atoms. The molecule has 0 aliphatic carbocycles. The van der Waals surface area contributed by atoms with Crippen LogP contribution in [0.3, 0.4) is 0 Å². The van der Waals surface area contributed by atoms with E-state index in [9.17, 15) is 0 Å². The Balaban J connectivity index is 1.95. The molecule has 0 fully saturated rings. The summed E-state index contributed by atoms with van der Waals surface area (Å²) in [4.78, 5) is 8.06. The van der Waals surface area contributed by atoms with Crippen molar-refractivity contribution in [1.82, 2.24) is 20.2 Å². The highest BCUT2D eigenvalue weighted by Crippen LogP contribution is 2.26. The zero-order chi connectivity index (χ0) is 16.4. The Morgan fingerprint density at radius 3 is 2.48 bits per heavy atom. The Labute approximate surface area is 136 Å². The maximum atomic E-state index is 8.39. The smallest absolute Gasteiger partial charge is 0.203 e. The van der Waals surface area contributed by atoms with Crippen LogP contribution in [0.4, 0.5) is 16.8 Å². The van der Waals surface area contributed by atoms with Crippen LogP contribution in [-0.2, 0) is 0 Å². The summed E-state index contributed by atoms with van der Waals surface area (Å²) < 4.78 is 0. The average Bonchev–Trinajstić information content (AvgIpc) is 3.00. The lowest BCUT2D eigenvalue weighted by Gasteiger charge is -2.11. The number of anilines is 3. The molecule has 0 bridgehead atoms. The molecule has 2 aromatic heterocycles. The van der Waals surface area contributed by atoms with Crippen LogP contribution in [0.5, 0.6) is 0 Å². The summed E-state index contributed by atoms with van der Waals surface area (Å²) in [5.74, 6) is 0.777. The maximum absolute atomic E-state index is 8.39. The van der Waals surface area contributed by atoms with E-state index < -0.39 is 0 Å². The second kappa shape index (κ2) is 5.97. The fourth-order valence-corrected chi connectivity index (χ4v) is 2.73. The van der Waals surface area contributed by atoms with Gasteiger partial charge in [-0.15, -0.1) is 10.2 Å². The molecule has 2 heterocycles. The SMILES string of the molecule is CNc1ncnc(N)c1C(=N)c1ccc(-c2nnc(N)s2)cc1. The number of nitrogens with one attached hydrogen (secondary N) is 2. The van der Waals surface area contributed by atoms with Gasteiger partial charge in [-0.25, -0.2) is 9.97 Å². The fraction of sp³-hybridized carbons (Fsp3) is 0.0714. The zero-order valence-electron chi connectivity index (χ0n) is 12.2. The summed E-state index contributed by atoms with van der Waals surface area (Å²) >= 11 is 1.31. The Kier molecular flexibility index (Phi) is 3.85. The van der Waals surface area contributed by atoms with Crippen molar-refractivity contribution in [2.45, 2.75) is 0 Å². The summed E-state index contributed by atoms with van der Waals surface area (Å²) in [5, 5.41) is 20.3. The maximum Gasteiger partial charge on any atom is 0.203 e. The molecule has 0 saturated carbocycles. The summed E-state index contributed by atoms with van der Waals surface area (Å²) in [6.07, 6.45) is 1.36. The second-order valence-corrected chi connectivity index (χ2v) is 5.64. The van der Waals surface area contributed by atoms with Crippen LogP contribution in [0.15, 0.2) is 30.6 Å². The minimum absolute atomic E-state index is 0.246. The van der Waals surface area contributed by atoms with Crippen molar-refractivity contribution in [2.75, 3.05) is 23.8 Å². The van der Waals surface area contributed by atoms with Gasteiger partial charge in [-0.2, -0.15) is 0 Å². The average molecular weight is 326 g/mol. The minimum atomic E-state index is 0.246. The monoisotopic (exact) mass is 326 g/mol. The van der Waals surface area contributed by atoms with E-state index >= 15 is 0 Å². The van der Waals surface area contributed by atoms with Crippen LogP contribution in [0, 0.1) is 5.41 Å². The lowest BCUT2D eigenvalue weighted by atomic mass is 10.0. The third-order valence-electron chi connectivity index (χ3n) is 3.22. The molecule has 9 heteroatoms. The summed E-state index contributed by atoms with van der Waals surface area (Å²) in [5.41, 5.74) is 13.8. The molecule has 0 amide bonds. The summed E-state index contributed by atoms with van der Waals surface area (Å²) in [6.45, 7) is 0. The molecule has 0 saturated heterocycles. The van der Waals surface area contributed by atoms with Gasteiger partial charge in [0.1, 0.15) is 23.0 Å². The first-order valence-electron chi connectivity index (χ1n) is 6.67. The molecule has 0 spiro atoms. The van der Waals surface area contributed by atoms with Crippen LogP contribution in [0.2, 0.25) is 0 Å². The Morgan fingerprint density at radius 2 is 1.87 bits per heavy atom. The van der Waals surface area contributed by atoms with Gasteiger partial charge in [-0.1, -0.05) is 35.6 Å². The molecule has 8 nitrogen and oxygen atoms in total. The van der Waals surface area contributed by atoms with Crippen molar-refractivity contribution in [3.63, 3.8) is 0 Å². The molecule has 3 rings (SSSR count). The number of benzene rings is 1. The van der Waals surface area contributed by atoms with Crippen LogP contribution < -0.4 is 16.8 Å². The molecule has 116 valence electrons. The van der Waals surface area contributed by atoms with E-state index in [-0.39, 0.29) is 11.5 Å². The fourth-order valence-electron chi connectivity index (χ4n) is 2.11. The van der Waals surface area contributed by atoms with Crippen molar-refractivity contribution < 1.29 is 0 Å². The largest absolute Gasteiger partial charge is 0.383 e. The number of nitrogen functional groups attached to an aromatic ring is 2. The van der Waals surface area contributed by atoms with Crippen LogP contribution in [-0.4, -0.2) is 32.9 Å². The highest BCUT2D eigenvalue weighted by atomic mass is 32.1. The lowest BCUT2D eigenvalue weighted by molar-refractivity contribution is 1.10. The number of hydrogen-bond donors (Lipinski definition) is 4. The summed E-state index contributed by atoms with van der Waals surface area (Å²) in [7, 11) is 1.72. The molecule has 6 N–H and O–H groups in total. The highest BCUT2D eigenvalue weighted by Gasteiger charge is 2.15. The van der Waals surface area contributed by atoms with E-state index in [2.05, 4.69) is 25.5 Å². The van der Waals surface area contributed by atoms with E-state index in [0.717, 1.165) is 10.6 Å². The standard InChI is InChI=1S/C14H14N8S/c1-18-12-9(11(16)19-6-20-12)10(15)7-2-4-8(5-3-7)13-21-22-14(17)23-13/h2-6,15H,1H3,(H2,17,22)(H3,16,18,19,20). The van der Waals surface area contributed by atoms with Gasteiger partial charge in [0, 0.05) is 18.2 Å². The first-order chi connectivity index (χ1) is 11.1. The molecular weight excluding hydrogens is 312 g/mol. The minimum Gasteiger partial charge on any atom is -0.383 e. The van der Waals surface area contributed by atoms with E-state index in [4.69, 9.17) is 16.9 Å². The molecule has 0 unspecified atom stereocenters.